The van der Waals surface area contributed by atoms with Gasteiger partial charge in [0.2, 0.25) is 5.91 Å². The fraction of sp³-hybridized carbons (Fsp3) is 0.444. The number of carbonyl (C=O) groups is 2. The number of amides is 2. The van der Waals surface area contributed by atoms with E-state index in [0.29, 0.717) is 24.0 Å². The number of benzene rings is 2. The fourth-order valence-corrected chi connectivity index (χ4v) is 5.44. The maximum absolute atomic E-state index is 13.9. The van der Waals surface area contributed by atoms with Crippen LogP contribution in [-0.4, -0.2) is 45.0 Å². The summed E-state index contributed by atoms with van der Waals surface area (Å²) >= 11 is 0. The largest absolute Gasteiger partial charge is 0.496 e. The summed E-state index contributed by atoms with van der Waals surface area (Å²) in [5, 5.41) is 3.32. The molecule has 2 amide bonds. The number of nitrogens with one attached hydrogen (secondary N) is 1. The van der Waals surface area contributed by atoms with Gasteiger partial charge in [-0.05, 0) is 43.9 Å². The van der Waals surface area contributed by atoms with E-state index in [1.165, 1.54) is 6.42 Å². The second-order valence-corrected chi connectivity index (χ2v) is 9.83. The van der Waals surface area contributed by atoms with Crippen molar-refractivity contribution in [2.24, 2.45) is 5.92 Å². The molecule has 1 aromatic heterocycles. The third-order valence-electron chi connectivity index (χ3n) is 7.59. The van der Waals surface area contributed by atoms with Crippen LogP contribution in [0.2, 0.25) is 0 Å². The highest BCUT2D eigenvalue weighted by atomic mass is 16.5. The molecule has 178 valence electrons. The molecular formula is C27H32N4O3. The minimum absolute atomic E-state index is 0.113. The van der Waals surface area contributed by atoms with Crippen LogP contribution in [0.25, 0.3) is 11.0 Å². The van der Waals surface area contributed by atoms with E-state index in [-0.39, 0.29) is 24.4 Å². The zero-order valence-corrected chi connectivity index (χ0v) is 20.1. The van der Waals surface area contributed by atoms with E-state index in [2.05, 4.69) is 17.2 Å². The third kappa shape index (κ3) is 3.73. The lowest BCUT2D eigenvalue weighted by Gasteiger charge is -2.45. The molecule has 7 nitrogen and oxygen atoms in total. The first-order chi connectivity index (χ1) is 16.4. The predicted octanol–water partition coefficient (Wildman–Crippen LogP) is 4.15. The standard InChI is InChI=1S/C27H32N4O3/c1-18-10-4-6-12-20(18)29-26(33)27(2)17-30-22-14-8-7-13-21(22)28-24(30)25(32)31(27)16-19-11-5-9-15-23(19)34-3/h5,7-9,11,13-15,18,20H,4,6,10,12,16-17H2,1-3H3,(H,29,33)/t18-,20-,27+/m0/s1. The maximum Gasteiger partial charge on any atom is 0.291 e. The van der Waals surface area contributed by atoms with Gasteiger partial charge in [0.15, 0.2) is 5.82 Å². The van der Waals surface area contributed by atoms with Crippen LogP contribution < -0.4 is 10.1 Å². The highest BCUT2D eigenvalue weighted by Crippen LogP contribution is 2.34. The fourth-order valence-electron chi connectivity index (χ4n) is 5.44. The lowest BCUT2D eigenvalue weighted by Crippen LogP contribution is -2.65. The molecule has 34 heavy (non-hydrogen) atoms. The average molecular weight is 461 g/mol. The van der Waals surface area contributed by atoms with Crippen molar-refractivity contribution in [2.45, 2.75) is 64.2 Å². The summed E-state index contributed by atoms with van der Waals surface area (Å²) in [7, 11) is 1.62. The molecular weight excluding hydrogens is 428 g/mol. The van der Waals surface area contributed by atoms with Gasteiger partial charge in [-0.25, -0.2) is 4.98 Å². The second kappa shape index (κ2) is 8.78. The van der Waals surface area contributed by atoms with E-state index in [0.717, 1.165) is 35.9 Å². The van der Waals surface area contributed by atoms with E-state index in [1.807, 2.05) is 60.0 Å². The molecule has 7 heteroatoms. The molecule has 0 saturated heterocycles. The van der Waals surface area contributed by atoms with Gasteiger partial charge in [-0.1, -0.05) is 50.1 Å². The summed E-state index contributed by atoms with van der Waals surface area (Å²) in [5.41, 5.74) is 1.40. The Labute approximate surface area is 200 Å². The molecule has 2 heterocycles. The van der Waals surface area contributed by atoms with Gasteiger partial charge in [-0.15, -0.1) is 0 Å². The monoisotopic (exact) mass is 460 g/mol. The van der Waals surface area contributed by atoms with Gasteiger partial charge in [-0.2, -0.15) is 0 Å². The van der Waals surface area contributed by atoms with Crippen molar-refractivity contribution in [1.29, 1.82) is 0 Å². The number of hydrogen-bond donors (Lipinski definition) is 1. The van der Waals surface area contributed by atoms with Crippen molar-refractivity contribution in [1.82, 2.24) is 19.8 Å². The number of ether oxygens (including phenoxy) is 1. The molecule has 2 aromatic carbocycles. The van der Waals surface area contributed by atoms with Gasteiger partial charge in [0.1, 0.15) is 11.3 Å². The normalized spacial score (nSPS) is 24.7. The number of nitrogens with zero attached hydrogens (tertiary/aromatic N) is 3. The Morgan fingerprint density at radius 3 is 2.68 bits per heavy atom. The minimum Gasteiger partial charge on any atom is -0.496 e. The molecule has 0 radical (unpaired) electrons. The Balaban J connectivity index is 1.57. The zero-order valence-electron chi connectivity index (χ0n) is 20.1. The number of methoxy groups -OCH3 is 1. The van der Waals surface area contributed by atoms with Crippen LogP contribution in [0.1, 0.15) is 55.7 Å². The predicted molar refractivity (Wildman–Crippen MR) is 131 cm³/mol. The molecule has 1 N–H and O–H groups in total. The Bertz CT molecular complexity index is 1240. The lowest BCUT2D eigenvalue weighted by molar-refractivity contribution is -0.134. The van der Waals surface area contributed by atoms with Crippen molar-refractivity contribution in [3.05, 3.63) is 59.9 Å². The average Bonchev–Trinajstić information content (AvgIpc) is 3.22. The highest BCUT2D eigenvalue weighted by molar-refractivity contribution is 6.01. The Hall–Kier alpha value is -3.35. The van der Waals surface area contributed by atoms with Gasteiger partial charge in [0.25, 0.3) is 5.91 Å². The van der Waals surface area contributed by atoms with E-state index < -0.39 is 5.54 Å². The number of hydrogen-bond acceptors (Lipinski definition) is 4. The summed E-state index contributed by atoms with van der Waals surface area (Å²) in [5.74, 6) is 1.12. The number of para-hydroxylation sites is 3. The van der Waals surface area contributed by atoms with Crippen LogP contribution in [0, 0.1) is 5.92 Å². The number of carbonyl (C=O) groups excluding carboxylic acids is 2. The first kappa shape index (κ1) is 22.4. The van der Waals surface area contributed by atoms with E-state index in [1.54, 1.807) is 12.0 Å². The Morgan fingerprint density at radius 2 is 1.88 bits per heavy atom. The zero-order chi connectivity index (χ0) is 23.9. The SMILES string of the molecule is COc1ccccc1CN1C(=O)c2nc3ccccc3n2C[C@]1(C)C(=O)N[C@H]1CCCC[C@@H]1C. The molecule has 3 atom stereocenters. The van der Waals surface area contributed by atoms with Crippen LogP contribution in [-0.2, 0) is 17.9 Å². The first-order valence-electron chi connectivity index (χ1n) is 12.1. The van der Waals surface area contributed by atoms with Crippen LogP contribution in [0.15, 0.2) is 48.5 Å². The lowest BCUT2D eigenvalue weighted by atomic mass is 9.85. The second-order valence-electron chi connectivity index (χ2n) is 9.83. The summed E-state index contributed by atoms with van der Waals surface area (Å²) in [6.45, 7) is 4.68. The summed E-state index contributed by atoms with van der Waals surface area (Å²) < 4.78 is 7.45. The smallest absolute Gasteiger partial charge is 0.291 e. The summed E-state index contributed by atoms with van der Waals surface area (Å²) in [4.78, 5) is 34.1. The molecule has 1 aliphatic heterocycles. The van der Waals surface area contributed by atoms with Gasteiger partial charge in [0.05, 0.1) is 31.2 Å². The van der Waals surface area contributed by atoms with Crippen molar-refractivity contribution >= 4 is 22.8 Å². The molecule has 5 rings (SSSR count). The first-order valence-corrected chi connectivity index (χ1v) is 12.1. The highest BCUT2D eigenvalue weighted by Gasteiger charge is 2.49. The van der Waals surface area contributed by atoms with Gasteiger partial charge >= 0.3 is 0 Å². The number of rotatable bonds is 5. The van der Waals surface area contributed by atoms with Crippen LogP contribution >= 0.6 is 0 Å². The Kier molecular flexibility index (Phi) is 5.80. The molecule has 3 aromatic rings. The van der Waals surface area contributed by atoms with Gasteiger partial charge < -0.3 is 19.5 Å². The van der Waals surface area contributed by atoms with Crippen LogP contribution in [0.5, 0.6) is 5.75 Å². The van der Waals surface area contributed by atoms with Crippen LogP contribution in [0.3, 0.4) is 0 Å². The van der Waals surface area contributed by atoms with Crippen molar-refractivity contribution in [3.63, 3.8) is 0 Å². The molecule has 0 spiro atoms. The maximum atomic E-state index is 13.9. The van der Waals surface area contributed by atoms with Crippen LogP contribution in [0.4, 0.5) is 0 Å². The Morgan fingerprint density at radius 1 is 1.15 bits per heavy atom. The van der Waals surface area contributed by atoms with E-state index >= 15 is 0 Å². The minimum atomic E-state index is -1.08. The third-order valence-corrected chi connectivity index (χ3v) is 7.59. The quantitative estimate of drug-likeness (QED) is 0.621. The molecule has 1 fully saturated rings. The number of imidazole rings is 1. The summed E-state index contributed by atoms with van der Waals surface area (Å²) in [6, 6.07) is 15.5. The molecule has 0 unspecified atom stereocenters. The van der Waals surface area contributed by atoms with E-state index in [9.17, 15) is 9.59 Å². The van der Waals surface area contributed by atoms with Crippen molar-refractivity contribution < 1.29 is 14.3 Å². The molecule has 0 bridgehead atoms. The van der Waals surface area contributed by atoms with Gasteiger partial charge in [0, 0.05) is 11.6 Å². The number of fused-ring (bicyclic) bond motifs is 3. The van der Waals surface area contributed by atoms with E-state index in [4.69, 9.17) is 4.74 Å². The van der Waals surface area contributed by atoms with Crippen molar-refractivity contribution in [2.75, 3.05) is 7.11 Å². The molecule has 2 aliphatic rings. The van der Waals surface area contributed by atoms with Gasteiger partial charge in [-0.3, -0.25) is 9.59 Å². The number of aromatic nitrogens is 2. The summed E-state index contributed by atoms with van der Waals surface area (Å²) in [6.07, 6.45) is 4.41. The topological polar surface area (TPSA) is 76.5 Å². The molecule has 1 saturated carbocycles. The molecule has 1 aliphatic carbocycles. The van der Waals surface area contributed by atoms with Crippen molar-refractivity contribution in [3.8, 4) is 5.75 Å².